The summed E-state index contributed by atoms with van der Waals surface area (Å²) in [4.78, 5) is 14.5. The van der Waals surface area contributed by atoms with E-state index in [9.17, 15) is 4.79 Å². The standard InChI is InChI=1S/C16H25NO6S2/c18-16(19)4-6-20-7-8-21-9-10-22-11-12-23-13-14-24-25-15-3-1-2-5-17-15/h1-3,5H,4,6-14H2,(H,18,19). The molecule has 0 spiro atoms. The largest absolute Gasteiger partial charge is 0.481 e. The highest BCUT2D eigenvalue weighted by Gasteiger charge is 1.97. The third-order valence-electron chi connectivity index (χ3n) is 2.67. The molecule has 1 rings (SSSR count). The van der Waals surface area contributed by atoms with E-state index in [2.05, 4.69) is 4.98 Å². The summed E-state index contributed by atoms with van der Waals surface area (Å²) >= 11 is 0. The summed E-state index contributed by atoms with van der Waals surface area (Å²) < 4.78 is 21.2. The molecule has 1 heterocycles. The van der Waals surface area contributed by atoms with Crippen LogP contribution >= 0.6 is 21.6 Å². The van der Waals surface area contributed by atoms with Gasteiger partial charge >= 0.3 is 5.97 Å². The number of carboxylic acid groups (broad SMARTS) is 1. The molecule has 0 aliphatic rings. The molecule has 0 unspecified atom stereocenters. The van der Waals surface area contributed by atoms with Gasteiger partial charge in [0.15, 0.2) is 0 Å². The smallest absolute Gasteiger partial charge is 0.305 e. The molecule has 25 heavy (non-hydrogen) atoms. The van der Waals surface area contributed by atoms with Crippen molar-refractivity contribution in [2.75, 3.05) is 58.6 Å². The lowest BCUT2D eigenvalue weighted by Gasteiger charge is -2.07. The van der Waals surface area contributed by atoms with E-state index in [-0.39, 0.29) is 13.0 Å². The summed E-state index contributed by atoms with van der Waals surface area (Å²) in [6.07, 6.45) is 1.80. The van der Waals surface area contributed by atoms with Crippen molar-refractivity contribution in [2.24, 2.45) is 0 Å². The van der Waals surface area contributed by atoms with E-state index in [0.29, 0.717) is 46.2 Å². The second kappa shape index (κ2) is 16.6. The van der Waals surface area contributed by atoms with E-state index in [4.69, 9.17) is 24.1 Å². The summed E-state index contributed by atoms with van der Waals surface area (Å²) in [5.41, 5.74) is 0. The molecule has 0 bridgehead atoms. The van der Waals surface area contributed by atoms with Crippen LogP contribution in [0.2, 0.25) is 0 Å². The maximum Gasteiger partial charge on any atom is 0.305 e. The first kappa shape index (κ1) is 22.2. The number of carbonyl (C=O) groups is 1. The first-order chi connectivity index (χ1) is 12.3. The number of carboxylic acids is 1. The van der Waals surface area contributed by atoms with Crippen LogP contribution in [0.1, 0.15) is 6.42 Å². The number of hydrogen-bond donors (Lipinski definition) is 1. The Bertz CT molecular complexity index is 438. The van der Waals surface area contributed by atoms with Gasteiger partial charge in [-0.2, -0.15) is 0 Å². The summed E-state index contributed by atoms with van der Waals surface area (Å²) in [5, 5.41) is 9.42. The van der Waals surface area contributed by atoms with Gasteiger partial charge < -0.3 is 24.1 Å². The second-order valence-electron chi connectivity index (χ2n) is 4.67. The normalized spacial score (nSPS) is 10.9. The third-order valence-corrected chi connectivity index (χ3v) is 4.90. The summed E-state index contributed by atoms with van der Waals surface area (Å²) in [5.74, 6) is 0.0359. The van der Waals surface area contributed by atoms with E-state index in [1.165, 1.54) is 0 Å². The molecule has 1 aromatic heterocycles. The van der Waals surface area contributed by atoms with Gasteiger partial charge in [-0.1, -0.05) is 16.9 Å². The Morgan fingerprint density at radius 3 is 2.08 bits per heavy atom. The van der Waals surface area contributed by atoms with Gasteiger partial charge in [-0.05, 0) is 22.9 Å². The van der Waals surface area contributed by atoms with Crippen LogP contribution in [-0.4, -0.2) is 74.7 Å². The average molecular weight is 392 g/mol. The molecule has 9 heteroatoms. The molecule has 1 aromatic rings. The molecular formula is C16H25NO6S2. The van der Waals surface area contributed by atoms with Crippen molar-refractivity contribution in [2.45, 2.75) is 11.4 Å². The van der Waals surface area contributed by atoms with E-state index in [0.717, 1.165) is 10.8 Å². The van der Waals surface area contributed by atoms with E-state index in [1.807, 2.05) is 18.2 Å². The van der Waals surface area contributed by atoms with Crippen molar-refractivity contribution >= 4 is 27.6 Å². The highest BCUT2D eigenvalue weighted by atomic mass is 33.1. The molecule has 0 saturated carbocycles. The van der Waals surface area contributed by atoms with E-state index < -0.39 is 5.97 Å². The first-order valence-corrected chi connectivity index (χ1v) is 10.3. The van der Waals surface area contributed by atoms with Crippen molar-refractivity contribution in [1.29, 1.82) is 0 Å². The zero-order valence-corrected chi connectivity index (χ0v) is 15.8. The highest BCUT2D eigenvalue weighted by Crippen LogP contribution is 2.28. The lowest BCUT2D eigenvalue weighted by atomic mass is 10.5. The number of hydrogen-bond acceptors (Lipinski definition) is 8. The van der Waals surface area contributed by atoms with E-state index >= 15 is 0 Å². The Kier molecular flexibility index (Phi) is 14.8. The molecular weight excluding hydrogens is 366 g/mol. The van der Waals surface area contributed by atoms with Crippen molar-refractivity contribution in [3.63, 3.8) is 0 Å². The van der Waals surface area contributed by atoms with Gasteiger partial charge in [-0.25, -0.2) is 4.98 Å². The Labute approximate surface area is 156 Å². The molecule has 0 aliphatic heterocycles. The van der Waals surface area contributed by atoms with Gasteiger partial charge in [0.25, 0.3) is 0 Å². The number of pyridine rings is 1. The zero-order valence-electron chi connectivity index (χ0n) is 14.1. The number of aliphatic carboxylic acids is 1. The van der Waals surface area contributed by atoms with Crippen LogP contribution in [0.15, 0.2) is 29.4 Å². The van der Waals surface area contributed by atoms with Crippen LogP contribution in [0, 0.1) is 0 Å². The summed E-state index contributed by atoms with van der Waals surface area (Å²) in [6.45, 7) is 3.81. The van der Waals surface area contributed by atoms with Crippen LogP contribution in [0.25, 0.3) is 0 Å². The molecule has 1 N–H and O–H groups in total. The van der Waals surface area contributed by atoms with Gasteiger partial charge in [-0.15, -0.1) is 0 Å². The highest BCUT2D eigenvalue weighted by molar-refractivity contribution is 8.76. The summed E-state index contributed by atoms with van der Waals surface area (Å²) in [7, 11) is 3.36. The lowest BCUT2D eigenvalue weighted by molar-refractivity contribution is -0.138. The average Bonchev–Trinajstić information content (AvgIpc) is 2.62. The number of ether oxygens (including phenoxy) is 4. The molecule has 0 aromatic carbocycles. The number of nitrogens with zero attached hydrogens (tertiary/aromatic N) is 1. The number of rotatable bonds is 17. The molecule has 0 radical (unpaired) electrons. The predicted octanol–water partition coefficient (Wildman–Crippen LogP) is 2.36. The molecule has 0 amide bonds. The van der Waals surface area contributed by atoms with Gasteiger partial charge in [-0.3, -0.25) is 4.79 Å². The topological polar surface area (TPSA) is 87.1 Å². The lowest BCUT2D eigenvalue weighted by Crippen LogP contribution is -2.13. The molecule has 142 valence electrons. The van der Waals surface area contributed by atoms with Crippen LogP contribution in [0.4, 0.5) is 0 Å². The molecule has 0 atom stereocenters. The van der Waals surface area contributed by atoms with Gasteiger partial charge in [0.2, 0.25) is 0 Å². The first-order valence-electron chi connectivity index (χ1n) is 8.02. The molecule has 0 saturated heterocycles. The minimum atomic E-state index is -0.859. The SMILES string of the molecule is O=C(O)CCOCCOCCOCCOCCSSc1ccccn1. The maximum atomic E-state index is 10.2. The summed E-state index contributed by atoms with van der Waals surface area (Å²) in [6, 6.07) is 5.86. The predicted molar refractivity (Wildman–Crippen MR) is 98.1 cm³/mol. The van der Waals surface area contributed by atoms with Crippen molar-refractivity contribution in [3.05, 3.63) is 24.4 Å². The van der Waals surface area contributed by atoms with Gasteiger partial charge in [0.05, 0.1) is 59.3 Å². The fraction of sp³-hybridized carbons (Fsp3) is 0.625. The Morgan fingerprint density at radius 1 is 0.920 bits per heavy atom. The van der Waals surface area contributed by atoms with Crippen molar-refractivity contribution < 1.29 is 28.8 Å². The molecule has 0 aliphatic carbocycles. The number of aromatic nitrogens is 1. The van der Waals surface area contributed by atoms with Crippen LogP contribution < -0.4 is 0 Å². The van der Waals surface area contributed by atoms with Gasteiger partial charge in [0.1, 0.15) is 5.03 Å². The third kappa shape index (κ3) is 15.2. The zero-order chi connectivity index (χ0) is 18.0. The van der Waals surface area contributed by atoms with Gasteiger partial charge in [0, 0.05) is 11.9 Å². The van der Waals surface area contributed by atoms with Crippen molar-refractivity contribution in [1.82, 2.24) is 4.98 Å². The van der Waals surface area contributed by atoms with Crippen LogP contribution in [0.3, 0.4) is 0 Å². The Balaban J connectivity index is 1.71. The second-order valence-corrected chi connectivity index (χ2v) is 7.10. The van der Waals surface area contributed by atoms with E-state index in [1.54, 1.807) is 27.8 Å². The fourth-order valence-corrected chi connectivity index (χ4v) is 3.25. The Morgan fingerprint density at radius 2 is 1.52 bits per heavy atom. The quantitative estimate of drug-likeness (QED) is 0.317. The van der Waals surface area contributed by atoms with Crippen LogP contribution in [0.5, 0.6) is 0 Å². The Hall–Kier alpha value is -0.840. The minimum absolute atomic E-state index is 0.0173. The minimum Gasteiger partial charge on any atom is -0.481 e. The molecule has 7 nitrogen and oxygen atoms in total. The monoisotopic (exact) mass is 391 g/mol. The fourth-order valence-electron chi connectivity index (χ4n) is 1.51. The van der Waals surface area contributed by atoms with Crippen LogP contribution in [-0.2, 0) is 23.7 Å². The van der Waals surface area contributed by atoms with Crippen molar-refractivity contribution in [3.8, 4) is 0 Å². The maximum absolute atomic E-state index is 10.2. The molecule has 0 fully saturated rings.